The Morgan fingerprint density at radius 2 is 1.78 bits per heavy atom. The van der Waals surface area contributed by atoms with Crippen molar-refractivity contribution in [3.63, 3.8) is 0 Å². The van der Waals surface area contributed by atoms with Crippen molar-refractivity contribution in [3.05, 3.63) is 83.9 Å². The van der Waals surface area contributed by atoms with E-state index in [2.05, 4.69) is 20.4 Å². The second kappa shape index (κ2) is 12.8. The number of carbonyl (C=O) groups excluding carboxylic acids is 2. The molecule has 46 heavy (non-hydrogen) atoms. The van der Waals surface area contributed by atoms with Gasteiger partial charge >= 0.3 is 18.4 Å². The van der Waals surface area contributed by atoms with Gasteiger partial charge in [-0.2, -0.15) is 31.3 Å². The number of alkyl halides is 6. The molecule has 0 unspecified atom stereocenters. The molecule has 1 aromatic heterocycles. The molecule has 5 rings (SSSR count). The Labute approximate surface area is 260 Å². The minimum Gasteiger partial charge on any atom is -0.491 e. The topological polar surface area (TPSA) is 102 Å². The number of anilines is 2. The maximum atomic E-state index is 15.0. The first-order chi connectivity index (χ1) is 21.7. The van der Waals surface area contributed by atoms with E-state index in [-0.39, 0.29) is 45.1 Å². The predicted molar refractivity (Wildman–Crippen MR) is 155 cm³/mol. The predicted octanol–water partition coefficient (Wildman–Crippen LogP) is 7.40. The van der Waals surface area contributed by atoms with Gasteiger partial charge in [0.2, 0.25) is 5.91 Å². The van der Waals surface area contributed by atoms with E-state index >= 15 is 4.39 Å². The second-order valence-electron chi connectivity index (χ2n) is 9.78. The molecule has 4 aromatic rings. The Morgan fingerprint density at radius 1 is 1.04 bits per heavy atom. The molecule has 3 aromatic carbocycles. The van der Waals surface area contributed by atoms with Crippen LogP contribution >= 0.6 is 11.8 Å². The van der Waals surface area contributed by atoms with Crippen LogP contribution < -0.4 is 15.0 Å². The zero-order valence-corrected chi connectivity index (χ0v) is 24.3. The van der Waals surface area contributed by atoms with Crippen molar-refractivity contribution in [1.82, 2.24) is 14.8 Å². The van der Waals surface area contributed by atoms with Gasteiger partial charge in [0.05, 0.1) is 41.4 Å². The number of carbonyl (C=O) groups is 2. The number of amides is 3. The number of rotatable bonds is 7. The van der Waals surface area contributed by atoms with Crippen LogP contribution in [0.3, 0.4) is 0 Å². The fourth-order valence-electron chi connectivity index (χ4n) is 4.19. The minimum absolute atomic E-state index is 0.0187. The van der Waals surface area contributed by atoms with E-state index in [1.54, 1.807) is 13.0 Å². The number of nitrogens with zero attached hydrogens (tertiary/aromatic N) is 5. The van der Waals surface area contributed by atoms with E-state index in [0.29, 0.717) is 5.56 Å². The van der Waals surface area contributed by atoms with Gasteiger partial charge in [0.25, 0.3) is 0 Å². The molecule has 3 amide bonds. The first kappa shape index (κ1) is 32.5. The summed E-state index contributed by atoms with van der Waals surface area (Å²) in [6, 6.07) is 11.3. The summed E-state index contributed by atoms with van der Waals surface area (Å²) in [5, 5.41) is 6.36. The maximum Gasteiger partial charge on any atom is 0.416 e. The zero-order chi connectivity index (χ0) is 33.2. The third-order valence-electron chi connectivity index (χ3n) is 6.38. The lowest BCUT2D eigenvalue weighted by molar-refractivity contribution is -0.139. The quantitative estimate of drug-likeness (QED) is 0.206. The fraction of sp³-hybridized carbons (Fsp3) is 0.207. The Hall–Kier alpha value is -4.93. The SMILES string of the molecule is Cc1ccc(OCCC(F)(F)F)c(N2C(=O)CS/C2=N\C(=O)Nc2ccc(-c3ncn(-c4ccc(C(F)(F)F)cc4)n3)cc2F)c1. The summed E-state index contributed by atoms with van der Waals surface area (Å²) in [6.45, 7) is 1.00. The highest BCUT2D eigenvalue weighted by atomic mass is 32.2. The van der Waals surface area contributed by atoms with E-state index in [1.807, 2.05) is 0 Å². The molecule has 1 saturated heterocycles. The number of benzene rings is 3. The Balaban J connectivity index is 1.30. The number of thioether (sulfide) groups is 1. The molecule has 9 nitrogen and oxygen atoms in total. The normalized spacial score (nSPS) is 14.7. The number of amidine groups is 1. The number of aryl methyl sites for hydroxylation is 1. The van der Waals surface area contributed by atoms with Gasteiger partial charge in [-0.25, -0.2) is 18.9 Å². The fourth-order valence-corrected chi connectivity index (χ4v) is 5.05. The van der Waals surface area contributed by atoms with Crippen LogP contribution in [0.15, 0.2) is 72.0 Å². The molecule has 0 bridgehead atoms. The zero-order valence-electron chi connectivity index (χ0n) is 23.5. The summed E-state index contributed by atoms with van der Waals surface area (Å²) >= 11 is 0.903. The van der Waals surface area contributed by atoms with E-state index in [4.69, 9.17) is 4.74 Å². The summed E-state index contributed by atoms with van der Waals surface area (Å²) < 4.78 is 98.0. The first-order valence-corrected chi connectivity index (χ1v) is 14.2. The van der Waals surface area contributed by atoms with Crippen molar-refractivity contribution in [2.24, 2.45) is 4.99 Å². The molecule has 1 aliphatic heterocycles. The highest BCUT2D eigenvalue weighted by Crippen LogP contribution is 2.36. The molecule has 17 heteroatoms. The highest BCUT2D eigenvalue weighted by Gasteiger charge is 2.34. The van der Waals surface area contributed by atoms with Crippen LogP contribution in [0.25, 0.3) is 17.1 Å². The third kappa shape index (κ3) is 7.64. The monoisotopic (exact) mass is 666 g/mol. The molecule has 1 N–H and O–H groups in total. The summed E-state index contributed by atoms with van der Waals surface area (Å²) in [5.74, 6) is -1.46. The molecule has 240 valence electrons. The summed E-state index contributed by atoms with van der Waals surface area (Å²) in [6.07, 6.45) is -8.92. The van der Waals surface area contributed by atoms with Gasteiger partial charge in [0, 0.05) is 5.56 Å². The van der Waals surface area contributed by atoms with Crippen molar-refractivity contribution in [1.29, 1.82) is 0 Å². The number of ether oxygens (including phenoxy) is 1. The van der Waals surface area contributed by atoms with Crippen LogP contribution in [-0.2, 0) is 11.0 Å². The van der Waals surface area contributed by atoms with Crippen molar-refractivity contribution >= 4 is 40.2 Å². The van der Waals surface area contributed by atoms with Gasteiger partial charge in [-0.1, -0.05) is 17.8 Å². The molecule has 0 aliphatic carbocycles. The van der Waals surface area contributed by atoms with Gasteiger partial charge in [-0.05, 0) is 67.1 Å². The van der Waals surface area contributed by atoms with Gasteiger partial charge in [0.15, 0.2) is 11.0 Å². The number of aromatic nitrogens is 3. The molecule has 1 aliphatic rings. The smallest absolute Gasteiger partial charge is 0.416 e. The van der Waals surface area contributed by atoms with Crippen LogP contribution in [0.4, 0.5) is 46.9 Å². The van der Waals surface area contributed by atoms with E-state index < -0.39 is 48.7 Å². The van der Waals surface area contributed by atoms with Crippen LogP contribution in [0.1, 0.15) is 17.5 Å². The molecule has 0 saturated carbocycles. The van der Waals surface area contributed by atoms with Crippen molar-refractivity contribution in [3.8, 4) is 22.8 Å². The lowest BCUT2D eigenvalue weighted by Gasteiger charge is -2.20. The molecular formula is C29H21F7N6O3S. The van der Waals surface area contributed by atoms with Crippen molar-refractivity contribution < 1.29 is 45.1 Å². The molecule has 2 heterocycles. The Kier molecular flexibility index (Phi) is 9.05. The summed E-state index contributed by atoms with van der Waals surface area (Å²) in [7, 11) is 0. The van der Waals surface area contributed by atoms with E-state index in [9.17, 15) is 35.9 Å². The number of halogens is 7. The lowest BCUT2D eigenvalue weighted by atomic mass is 10.2. The van der Waals surface area contributed by atoms with Gasteiger partial charge < -0.3 is 10.1 Å². The van der Waals surface area contributed by atoms with E-state index in [0.717, 1.165) is 34.9 Å². The van der Waals surface area contributed by atoms with Crippen molar-refractivity contribution in [2.45, 2.75) is 25.7 Å². The minimum atomic E-state index is -4.50. The van der Waals surface area contributed by atoms with Crippen molar-refractivity contribution in [2.75, 3.05) is 22.6 Å². The average molecular weight is 667 g/mol. The molecule has 1 fully saturated rings. The molecule has 0 atom stereocenters. The standard InChI is InChI=1S/C29H21F7N6O3S/c1-16-2-9-23(45-11-10-28(31,32)33)22(12-16)42-24(43)14-46-27(42)39-26(44)38-21-8-3-17(13-20(21)30)25-37-15-41(40-25)19-6-4-18(5-7-19)29(34,35)36/h2-9,12-13,15H,10-11,14H2,1H3,(H,38,44)/b39-27-. The van der Waals surface area contributed by atoms with Gasteiger partial charge in [-0.15, -0.1) is 5.10 Å². The molecular weight excluding hydrogens is 645 g/mol. The number of aliphatic imine (C=N–C) groups is 1. The number of hydrogen-bond acceptors (Lipinski definition) is 6. The van der Waals surface area contributed by atoms with Crippen LogP contribution in [0, 0.1) is 12.7 Å². The lowest BCUT2D eigenvalue weighted by Crippen LogP contribution is -2.31. The Morgan fingerprint density at radius 3 is 2.46 bits per heavy atom. The highest BCUT2D eigenvalue weighted by molar-refractivity contribution is 8.15. The van der Waals surface area contributed by atoms with Gasteiger partial charge in [0.1, 0.15) is 17.9 Å². The number of nitrogens with one attached hydrogen (secondary N) is 1. The average Bonchev–Trinajstić information content (AvgIpc) is 3.61. The summed E-state index contributed by atoms with van der Waals surface area (Å²) in [5.41, 5.74) is 0.148. The largest absolute Gasteiger partial charge is 0.491 e. The first-order valence-electron chi connectivity index (χ1n) is 13.2. The molecule has 0 radical (unpaired) electrons. The van der Waals surface area contributed by atoms with Crippen LogP contribution in [-0.4, -0.2) is 50.4 Å². The van der Waals surface area contributed by atoms with Crippen LogP contribution in [0.2, 0.25) is 0 Å². The maximum absolute atomic E-state index is 15.0. The second-order valence-corrected chi connectivity index (χ2v) is 10.7. The third-order valence-corrected chi connectivity index (χ3v) is 7.30. The Bertz CT molecular complexity index is 1810. The number of urea groups is 1. The van der Waals surface area contributed by atoms with Gasteiger partial charge in [-0.3, -0.25) is 9.69 Å². The summed E-state index contributed by atoms with van der Waals surface area (Å²) in [4.78, 5) is 34.5. The molecule has 0 spiro atoms. The van der Waals surface area contributed by atoms with Crippen LogP contribution in [0.5, 0.6) is 5.75 Å². The van der Waals surface area contributed by atoms with E-state index in [1.165, 1.54) is 47.4 Å². The number of hydrogen-bond donors (Lipinski definition) is 1.